The van der Waals surface area contributed by atoms with Crippen LogP contribution in [-0.4, -0.2) is 16.6 Å². The van der Waals surface area contributed by atoms with Crippen LogP contribution in [0.1, 0.15) is 18.1 Å². The molecule has 0 bridgehead atoms. The van der Waals surface area contributed by atoms with Crippen molar-refractivity contribution in [2.75, 3.05) is 11.9 Å². The van der Waals surface area contributed by atoms with Gasteiger partial charge >= 0.3 is 0 Å². The van der Waals surface area contributed by atoms with Crippen molar-refractivity contribution in [1.29, 1.82) is 0 Å². The molecular weight excluding hydrogens is 270 g/mol. The van der Waals surface area contributed by atoms with Gasteiger partial charge in [0.15, 0.2) is 0 Å². The second-order valence-electron chi connectivity index (χ2n) is 4.34. The largest absolute Gasteiger partial charge is 0.478 e. The minimum atomic E-state index is 0.414. The van der Waals surface area contributed by atoms with E-state index in [1.165, 1.54) is 0 Å². The zero-order valence-corrected chi connectivity index (χ0v) is 12.3. The van der Waals surface area contributed by atoms with Gasteiger partial charge < -0.3 is 15.8 Å². The molecule has 4 nitrogen and oxygen atoms in total. The molecule has 0 spiro atoms. The van der Waals surface area contributed by atoms with E-state index in [1.54, 1.807) is 6.20 Å². The molecular formula is C15H17N3OS. The number of nitrogens with zero attached hydrogens (tertiary/aromatic N) is 1. The summed E-state index contributed by atoms with van der Waals surface area (Å²) in [5, 5.41) is 3.28. The van der Waals surface area contributed by atoms with Crippen LogP contribution >= 0.6 is 12.2 Å². The van der Waals surface area contributed by atoms with E-state index in [0.717, 1.165) is 22.5 Å². The molecule has 0 aliphatic carbocycles. The average molecular weight is 287 g/mol. The standard InChI is InChI=1S/C15H17N3OS/c1-3-19-14-7-5-12(9-17-14)18-11-4-6-13(15(16)20)10(2)8-11/h4-9,18H,3H2,1-2H3,(H2,16,20). The van der Waals surface area contributed by atoms with Crippen molar-refractivity contribution in [3.63, 3.8) is 0 Å². The highest BCUT2D eigenvalue weighted by atomic mass is 32.1. The van der Waals surface area contributed by atoms with Crippen LogP contribution in [0.2, 0.25) is 0 Å². The van der Waals surface area contributed by atoms with Crippen molar-refractivity contribution in [2.24, 2.45) is 5.73 Å². The van der Waals surface area contributed by atoms with E-state index in [-0.39, 0.29) is 0 Å². The molecule has 0 amide bonds. The lowest BCUT2D eigenvalue weighted by Crippen LogP contribution is -2.11. The van der Waals surface area contributed by atoms with Gasteiger partial charge in [0.2, 0.25) is 5.88 Å². The van der Waals surface area contributed by atoms with Gasteiger partial charge in [-0.25, -0.2) is 4.98 Å². The number of benzene rings is 1. The van der Waals surface area contributed by atoms with Crippen LogP contribution in [-0.2, 0) is 0 Å². The Bertz CT molecular complexity index is 611. The first-order valence-corrected chi connectivity index (χ1v) is 6.77. The maximum Gasteiger partial charge on any atom is 0.213 e. The van der Waals surface area contributed by atoms with Crippen molar-refractivity contribution in [1.82, 2.24) is 4.98 Å². The highest BCUT2D eigenvalue weighted by Gasteiger charge is 2.03. The van der Waals surface area contributed by atoms with Crippen LogP contribution in [0.3, 0.4) is 0 Å². The zero-order chi connectivity index (χ0) is 14.5. The van der Waals surface area contributed by atoms with E-state index >= 15 is 0 Å². The molecule has 2 aromatic rings. The molecule has 5 heteroatoms. The third kappa shape index (κ3) is 3.45. The molecule has 20 heavy (non-hydrogen) atoms. The Morgan fingerprint density at radius 2 is 2.05 bits per heavy atom. The van der Waals surface area contributed by atoms with Crippen molar-refractivity contribution in [2.45, 2.75) is 13.8 Å². The van der Waals surface area contributed by atoms with Gasteiger partial charge in [0.1, 0.15) is 4.99 Å². The van der Waals surface area contributed by atoms with E-state index < -0.39 is 0 Å². The molecule has 0 saturated carbocycles. The Hall–Kier alpha value is -2.14. The molecule has 0 aliphatic rings. The molecule has 0 fully saturated rings. The highest BCUT2D eigenvalue weighted by molar-refractivity contribution is 7.80. The van der Waals surface area contributed by atoms with Crippen LogP contribution in [0.25, 0.3) is 0 Å². The second kappa shape index (κ2) is 6.34. The number of hydrogen-bond acceptors (Lipinski definition) is 4. The number of anilines is 2. The highest BCUT2D eigenvalue weighted by Crippen LogP contribution is 2.20. The first-order chi connectivity index (χ1) is 9.60. The van der Waals surface area contributed by atoms with Crippen LogP contribution in [0.15, 0.2) is 36.5 Å². The van der Waals surface area contributed by atoms with Gasteiger partial charge in [-0.1, -0.05) is 12.2 Å². The summed E-state index contributed by atoms with van der Waals surface area (Å²) in [6.07, 6.45) is 1.74. The summed E-state index contributed by atoms with van der Waals surface area (Å²) in [6, 6.07) is 9.63. The van der Waals surface area contributed by atoms with Gasteiger partial charge in [0, 0.05) is 17.3 Å². The van der Waals surface area contributed by atoms with E-state index in [2.05, 4.69) is 10.3 Å². The molecule has 0 unspecified atom stereocenters. The van der Waals surface area contributed by atoms with Crippen molar-refractivity contribution in [3.8, 4) is 5.88 Å². The predicted octanol–water partition coefficient (Wildman–Crippen LogP) is 3.17. The molecule has 0 saturated heterocycles. The molecule has 2 rings (SSSR count). The monoisotopic (exact) mass is 287 g/mol. The number of aryl methyl sites for hydroxylation is 1. The Kier molecular flexibility index (Phi) is 4.53. The third-order valence-electron chi connectivity index (χ3n) is 2.81. The number of aromatic nitrogens is 1. The van der Waals surface area contributed by atoms with Crippen LogP contribution in [0.5, 0.6) is 5.88 Å². The fourth-order valence-corrected chi connectivity index (χ4v) is 2.10. The normalized spacial score (nSPS) is 10.1. The van der Waals surface area contributed by atoms with E-state index in [1.807, 2.05) is 44.2 Å². The minimum Gasteiger partial charge on any atom is -0.478 e. The lowest BCUT2D eigenvalue weighted by Gasteiger charge is -2.10. The second-order valence-corrected chi connectivity index (χ2v) is 4.78. The van der Waals surface area contributed by atoms with Crippen LogP contribution < -0.4 is 15.8 Å². The SMILES string of the molecule is CCOc1ccc(Nc2ccc(C(N)=S)c(C)c2)cn1. The fourth-order valence-electron chi connectivity index (χ4n) is 1.87. The smallest absolute Gasteiger partial charge is 0.213 e. The number of rotatable bonds is 5. The number of thiocarbonyl (C=S) groups is 1. The topological polar surface area (TPSA) is 60.2 Å². The molecule has 1 aromatic heterocycles. The van der Waals surface area contributed by atoms with Gasteiger partial charge in [-0.3, -0.25) is 0 Å². The molecule has 3 N–H and O–H groups in total. The van der Waals surface area contributed by atoms with Crippen molar-refractivity contribution < 1.29 is 4.74 Å². The quantitative estimate of drug-likeness (QED) is 0.827. The Balaban J connectivity index is 2.13. The van der Waals surface area contributed by atoms with Gasteiger partial charge in [-0.2, -0.15) is 0 Å². The summed E-state index contributed by atoms with van der Waals surface area (Å²) in [5.41, 5.74) is 9.46. The maximum atomic E-state index is 5.65. The lowest BCUT2D eigenvalue weighted by molar-refractivity contribution is 0.327. The van der Waals surface area contributed by atoms with Gasteiger partial charge in [0.25, 0.3) is 0 Å². The number of pyridine rings is 1. The Morgan fingerprint density at radius 3 is 2.60 bits per heavy atom. The Labute approximate surface area is 124 Å². The maximum absolute atomic E-state index is 5.65. The molecule has 104 valence electrons. The summed E-state index contributed by atoms with van der Waals surface area (Å²) in [6.45, 7) is 4.52. The van der Waals surface area contributed by atoms with Crippen molar-refractivity contribution >= 4 is 28.6 Å². The average Bonchev–Trinajstić information content (AvgIpc) is 2.41. The number of ether oxygens (including phenoxy) is 1. The van der Waals surface area contributed by atoms with E-state index in [9.17, 15) is 0 Å². The van der Waals surface area contributed by atoms with E-state index in [4.69, 9.17) is 22.7 Å². The number of nitrogens with two attached hydrogens (primary N) is 1. The predicted molar refractivity (Wildman–Crippen MR) is 85.8 cm³/mol. The van der Waals surface area contributed by atoms with Gasteiger partial charge in [-0.15, -0.1) is 0 Å². The minimum absolute atomic E-state index is 0.414. The third-order valence-corrected chi connectivity index (χ3v) is 3.03. The summed E-state index contributed by atoms with van der Waals surface area (Å²) in [4.78, 5) is 4.62. The number of hydrogen-bond donors (Lipinski definition) is 2. The first kappa shape index (κ1) is 14.3. The molecule has 1 aromatic carbocycles. The zero-order valence-electron chi connectivity index (χ0n) is 11.5. The Morgan fingerprint density at radius 1 is 1.30 bits per heavy atom. The molecule has 0 aliphatic heterocycles. The summed E-state index contributed by atoms with van der Waals surface area (Å²) in [7, 11) is 0. The van der Waals surface area contributed by atoms with Crippen LogP contribution in [0.4, 0.5) is 11.4 Å². The van der Waals surface area contributed by atoms with Gasteiger partial charge in [0.05, 0.1) is 18.5 Å². The molecule has 0 atom stereocenters. The van der Waals surface area contributed by atoms with E-state index in [0.29, 0.717) is 17.5 Å². The lowest BCUT2D eigenvalue weighted by atomic mass is 10.1. The summed E-state index contributed by atoms with van der Waals surface area (Å²) in [5.74, 6) is 0.623. The van der Waals surface area contributed by atoms with Gasteiger partial charge in [-0.05, 0) is 43.7 Å². The molecule has 1 heterocycles. The number of nitrogens with one attached hydrogen (secondary N) is 1. The molecule has 0 radical (unpaired) electrons. The van der Waals surface area contributed by atoms with Crippen LogP contribution in [0, 0.1) is 6.92 Å². The summed E-state index contributed by atoms with van der Waals surface area (Å²) < 4.78 is 5.31. The van der Waals surface area contributed by atoms with Crippen molar-refractivity contribution in [3.05, 3.63) is 47.7 Å². The first-order valence-electron chi connectivity index (χ1n) is 6.36. The summed E-state index contributed by atoms with van der Waals surface area (Å²) >= 11 is 5.00. The fraction of sp³-hybridized carbons (Fsp3) is 0.200.